The highest BCUT2D eigenvalue weighted by Crippen LogP contribution is 2.13. The van der Waals surface area contributed by atoms with Crippen molar-refractivity contribution in [2.45, 2.75) is 78.2 Å². The highest BCUT2D eigenvalue weighted by atomic mass is 15.0. The van der Waals surface area contributed by atoms with Crippen LogP contribution < -0.4 is 5.32 Å². The molecule has 0 rings (SSSR count). The van der Waals surface area contributed by atoms with Crippen molar-refractivity contribution in [1.82, 2.24) is 5.32 Å². The predicted molar refractivity (Wildman–Crippen MR) is 65.7 cm³/mol. The van der Waals surface area contributed by atoms with Gasteiger partial charge in [-0.05, 0) is 32.7 Å². The molecule has 0 aromatic rings. The maximum atomic E-state index is 3.67. The SMILES string of the molecule is CCCCCCCNC(C)(CC)CC. The summed E-state index contributed by atoms with van der Waals surface area (Å²) >= 11 is 0. The van der Waals surface area contributed by atoms with E-state index in [1.807, 2.05) is 0 Å². The molecular weight excluding hydrogens is 170 g/mol. The summed E-state index contributed by atoms with van der Waals surface area (Å²) in [6.45, 7) is 10.3. The molecule has 0 saturated carbocycles. The molecule has 0 atom stereocenters. The largest absolute Gasteiger partial charge is 0.312 e. The molecule has 0 aromatic heterocycles. The van der Waals surface area contributed by atoms with Crippen LogP contribution in [0.4, 0.5) is 0 Å². The van der Waals surface area contributed by atoms with E-state index in [1.165, 1.54) is 51.5 Å². The van der Waals surface area contributed by atoms with Gasteiger partial charge in [0.25, 0.3) is 0 Å². The Labute approximate surface area is 90.7 Å². The molecule has 1 N–H and O–H groups in total. The molecule has 1 heteroatoms. The summed E-state index contributed by atoms with van der Waals surface area (Å²) < 4.78 is 0. The van der Waals surface area contributed by atoms with Crippen LogP contribution in [0.25, 0.3) is 0 Å². The molecule has 1 nitrogen and oxygen atoms in total. The number of unbranched alkanes of at least 4 members (excludes halogenated alkanes) is 4. The lowest BCUT2D eigenvalue weighted by molar-refractivity contribution is 0.328. The normalized spacial score (nSPS) is 12.0. The molecule has 0 amide bonds. The maximum Gasteiger partial charge on any atom is 0.0148 e. The van der Waals surface area contributed by atoms with Gasteiger partial charge in [0, 0.05) is 5.54 Å². The molecule has 14 heavy (non-hydrogen) atoms. The van der Waals surface area contributed by atoms with Crippen molar-refractivity contribution < 1.29 is 0 Å². The second-order valence-electron chi connectivity index (χ2n) is 4.61. The first-order chi connectivity index (χ1) is 6.68. The Bertz CT molecular complexity index is 116. The zero-order chi connectivity index (χ0) is 10.9. The third-order valence-electron chi connectivity index (χ3n) is 3.39. The quantitative estimate of drug-likeness (QED) is 0.551. The Hall–Kier alpha value is -0.0400. The van der Waals surface area contributed by atoms with Crippen molar-refractivity contribution in [2.24, 2.45) is 0 Å². The van der Waals surface area contributed by atoms with Crippen molar-refractivity contribution in [3.63, 3.8) is 0 Å². The molecule has 86 valence electrons. The fourth-order valence-corrected chi connectivity index (χ4v) is 1.62. The van der Waals surface area contributed by atoms with Gasteiger partial charge in [-0.3, -0.25) is 0 Å². The molecule has 0 aliphatic heterocycles. The molecule has 0 bridgehead atoms. The van der Waals surface area contributed by atoms with Crippen LogP contribution in [-0.4, -0.2) is 12.1 Å². The topological polar surface area (TPSA) is 12.0 Å². The monoisotopic (exact) mass is 199 g/mol. The summed E-state index contributed by atoms with van der Waals surface area (Å²) in [6.07, 6.45) is 9.36. The number of hydrogen-bond donors (Lipinski definition) is 1. The maximum absolute atomic E-state index is 3.67. The van der Waals surface area contributed by atoms with E-state index in [4.69, 9.17) is 0 Å². The predicted octanol–water partition coefficient (Wildman–Crippen LogP) is 4.13. The summed E-state index contributed by atoms with van der Waals surface area (Å²) in [5.74, 6) is 0. The lowest BCUT2D eigenvalue weighted by atomic mass is 9.95. The minimum atomic E-state index is 0.380. The van der Waals surface area contributed by atoms with E-state index in [0.29, 0.717) is 5.54 Å². The second-order valence-corrected chi connectivity index (χ2v) is 4.61. The fourth-order valence-electron chi connectivity index (χ4n) is 1.62. The van der Waals surface area contributed by atoms with Crippen LogP contribution in [0.5, 0.6) is 0 Å². The molecule has 0 spiro atoms. The molecule has 0 heterocycles. The van der Waals surface area contributed by atoms with Gasteiger partial charge in [-0.2, -0.15) is 0 Å². The molecule has 0 aliphatic carbocycles. The van der Waals surface area contributed by atoms with Gasteiger partial charge >= 0.3 is 0 Å². The third-order valence-corrected chi connectivity index (χ3v) is 3.39. The van der Waals surface area contributed by atoms with Crippen molar-refractivity contribution in [2.75, 3.05) is 6.54 Å². The zero-order valence-electron chi connectivity index (χ0n) is 10.7. The summed E-state index contributed by atoms with van der Waals surface area (Å²) in [5.41, 5.74) is 0.380. The van der Waals surface area contributed by atoms with E-state index in [1.54, 1.807) is 0 Å². The van der Waals surface area contributed by atoms with Gasteiger partial charge in [0.15, 0.2) is 0 Å². The molecular formula is C13H29N. The first-order valence-electron chi connectivity index (χ1n) is 6.43. The van der Waals surface area contributed by atoms with Gasteiger partial charge in [-0.25, -0.2) is 0 Å². The van der Waals surface area contributed by atoms with E-state index in [9.17, 15) is 0 Å². The Morgan fingerprint density at radius 3 is 1.93 bits per heavy atom. The van der Waals surface area contributed by atoms with Gasteiger partial charge < -0.3 is 5.32 Å². The van der Waals surface area contributed by atoms with Crippen LogP contribution in [0.2, 0.25) is 0 Å². The first-order valence-corrected chi connectivity index (χ1v) is 6.43. The van der Waals surface area contributed by atoms with Gasteiger partial charge in [0.1, 0.15) is 0 Å². The van der Waals surface area contributed by atoms with E-state index in [0.717, 1.165) is 0 Å². The lowest BCUT2D eigenvalue weighted by Gasteiger charge is -2.28. The van der Waals surface area contributed by atoms with E-state index < -0.39 is 0 Å². The fraction of sp³-hybridized carbons (Fsp3) is 1.00. The van der Waals surface area contributed by atoms with Crippen molar-refractivity contribution in [3.8, 4) is 0 Å². The smallest absolute Gasteiger partial charge is 0.0148 e. The number of rotatable bonds is 9. The summed E-state index contributed by atoms with van der Waals surface area (Å²) in [5, 5.41) is 3.67. The van der Waals surface area contributed by atoms with Gasteiger partial charge in [-0.1, -0.05) is 46.5 Å². The Balaban J connectivity index is 3.34. The number of hydrogen-bond acceptors (Lipinski definition) is 1. The van der Waals surface area contributed by atoms with E-state index in [2.05, 4.69) is 33.0 Å². The summed E-state index contributed by atoms with van der Waals surface area (Å²) in [4.78, 5) is 0. The van der Waals surface area contributed by atoms with Gasteiger partial charge in [-0.15, -0.1) is 0 Å². The molecule has 0 radical (unpaired) electrons. The molecule has 0 fully saturated rings. The van der Waals surface area contributed by atoms with Crippen molar-refractivity contribution in [3.05, 3.63) is 0 Å². The summed E-state index contributed by atoms with van der Waals surface area (Å²) in [7, 11) is 0. The average Bonchev–Trinajstić information content (AvgIpc) is 2.23. The van der Waals surface area contributed by atoms with Crippen LogP contribution in [0, 0.1) is 0 Å². The molecule has 0 aromatic carbocycles. The lowest BCUT2D eigenvalue weighted by Crippen LogP contribution is -2.41. The highest BCUT2D eigenvalue weighted by molar-refractivity contribution is 4.79. The van der Waals surface area contributed by atoms with Gasteiger partial charge in [0.05, 0.1) is 0 Å². The van der Waals surface area contributed by atoms with Gasteiger partial charge in [0.2, 0.25) is 0 Å². The van der Waals surface area contributed by atoms with Crippen molar-refractivity contribution in [1.29, 1.82) is 0 Å². The van der Waals surface area contributed by atoms with E-state index >= 15 is 0 Å². The Kier molecular flexibility index (Phi) is 8.26. The Morgan fingerprint density at radius 2 is 1.43 bits per heavy atom. The van der Waals surface area contributed by atoms with E-state index in [-0.39, 0.29) is 0 Å². The number of nitrogens with one attached hydrogen (secondary N) is 1. The molecule has 0 saturated heterocycles. The Morgan fingerprint density at radius 1 is 0.857 bits per heavy atom. The minimum Gasteiger partial charge on any atom is -0.312 e. The molecule has 0 aliphatic rings. The molecule has 0 unspecified atom stereocenters. The van der Waals surface area contributed by atoms with Crippen LogP contribution in [0.1, 0.15) is 72.6 Å². The van der Waals surface area contributed by atoms with Crippen LogP contribution in [0.15, 0.2) is 0 Å². The highest BCUT2D eigenvalue weighted by Gasteiger charge is 2.17. The first kappa shape index (κ1) is 14.0. The average molecular weight is 199 g/mol. The van der Waals surface area contributed by atoms with Crippen LogP contribution in [-0.2, 0) is 0 Å². The minimum absolute atomic E-state index is 0.380. The third kappa shape index (κ3) is 6.42. The van der Waals surface area contributed by atoms with Crippen molar-refractivity contribution >= 4 is 0 Å². The van der Waals surface area contributed by atoms with Crippen LogP contribution >= 0.6 is 0 Å². The second kappa shape index (κ2) is 8.28. The van der Waals surface area contributed by atoms with Crippen LogP contribution in [0.3, 0.4) is 0 Å². The standard InChI is InChI=1S/C13H29N/c1-5-8-9-10-11-12-14-13(4,6-2)7-3/h14H,5-12H2,1-4H3. The summed E-state index contributed by atoms with van der Waals surface area (Å²) in [6, 6.07) is 0. The zero-order valence-corrected chi connectivity index (χ0v) is 10.7.